The zero-order valence-corrected chi connectivity index (χ0v) is 13.4. The average Bonchev–Trinajstić information content (AvgIpc) is 2.88. The molecule has 0 aliphatic heterocycles. The Morgan fingerprint density at radius 3 is 2.36 bits per heavy atom. The smallest absolute Gasteiger partial charge is 0.340 e. The third-order valence-electron chi connectivity index (χ3n) is 3.49. The first-order chi connectivity index (χ1) is 10.3. The SMILES string of the molecule is Cc1cc(OC(=O)C(O)C(C)(C)Cn2cccc2)cc(C)n1. The van der Waals surface area contributed by atoms with Gasteiger partial charge in [-0.1, -0.05) is 13.8 Å². The van der Waals surface area contributed by atoms with Crippen LogP contribution >= 0.6 is 0 Å². The van der Waals surface area contributed by atoms with Crippen molar-refractivity contribution in [3.8, 4) is 5.75 Å². The van der Waals surface area contributed by atoms with Crippen molar-refractivity contribution in [3.63, 3.8) is 0 Å². The van der Waals surface area contributed by atoms with Gasteiger partial charge in [0.1, 0.15) is 5.75 Å². The number of hydrogen-bond donors (Lipinski definition) is 1. The van der Waals surface area contributed by atoms with Gasteiger partial charge in [0.15, 0.2) is 6.10 Å². The van der Waals surface area contributed by atoms with Crippen LogP contribution in [0.5, 0.6) is 5.75 Å². The van der Waals surface area contributed by atoms with Crippen LogP contribution in [0.1, 0.15) is 25.2 Å². The summed E-state index contributed by atoms with van der Waals surface area (Å²) in [7, 11) is 0. The highest BCUT2D eigenvalue weighted by molar-refractivity contribution is 5.77. The van der Waals surface area contributed by atoms with Crippen molar-refractivity contribution in [2.24, 2.45) is 5.41 Å². The minimum atomic E-state index is -1.22. The molecule has 5 nitrogen and oxygen atoms in total. The fraction of sp³-hybridized carbons (Fsp3) is 0.412. The third kappa shape index (κ3) is 3.95. The number of ether oxygens (including phenoxy) is 1. The van der Waals surface area contributed by atoms with Crippen LogP contribution in [-0.2, 0) is 11.3 Å². The van der Waals surface area contributed by atoms with E-state index in [0.29, 0.717) is 12.3 Å². The molecule has 1 N–H and O–H groups in total. The van der Waals surface area contributed by atoms with Crippen LogP contribution in [0.2, 0.25) is 0 Å². The number of carbonyl (C=O) groups is 1. The molecule has 1 atom stereocenters. The summed E-state index contributed by atoms with van der Waals surface area (Å²) in [4.78, 5) is 16.4. The predicted molar refractivity (Wildman–Crippen MR) is 83.6 cm³/mol. The maximum Gasteiger partial charge on any atom is 0.340 e. The van der Waals surface area contributed by atoms with Crippen molar-refractivity contribution in [2.45, 2.75) is 40.3 Å². The van der Waals surface area contributed by atoms with Gasteiger partial charge in [0.05, 0.1) is 0 Å². The maximum atomic E-state index is 12.2. The molecule has 2 aromatic heterocycles. The monoisotopic (exact) mass is 302 g/mol. The molecule has 0 amide bonds. The van der Waals surface area contributed by atoms with Gasteiger partial charge in [-0.2, -0.15) is 0 Å². The van der Waals surface area contributed by atoms with E-state index in [9.17, 15) is 9.90 Å². The molecule has 0 aliphatic rings. The molecule has 0 radical (unpaired) electrons. The molecule has 1 unspecified atom stereocenters. The normalized spacial score (nSPS) is 13.0. The molecule has 2 heterocycles. The van der Waals surface area contributed by atoms with Crippen LogP contribution in [-0.4, -0.2) is 26.7 Å². The largest absolute Gasteiger partial charge is 0.424 e. The summed E-state index contributed by atoms with van der Waals surface area (Å²) in [6.45, 7) is 7.85. The lowest BCUT2D eigenvalue weighted by Gasteiger charge is -2.29. The average molecular weight is 302 g/mol. The van der Waals surface area contributed by atoms with E-state index >= 15 is 0 Å². The highest BCUT2D eigenvalue weighted by Gasteiger charge is 2.35. The first-order valence-corrected chi connectivity index (χ1v) is 7.24. The zero-order chi connectivity index (χ0) is 16.3. The highest BCUT2D eigenvalue weighted by Crippen LogP contribution is 2.25. The van der Waals surface area contributed by atoms with Crippen LogP contribution in [0.15, 0.2) is 36.7 Å². The lowest BCUT2D eigenvalue weighted by atomic mass is 9.86. The summed E-state index contributed by atoms with van der Waals surface area (Å²) in [5.74, 6) is -0.243. The minimum Gasteiger partial charge on any atom is -0.424 e. The Bertz CT molecular complexity index is 628. The van der Waals surface area contributed by atoms with Crippen molar-refractivity contribution >= 4 is 5.97 Å². The van der Waals surface area contributed by atoms with Crippen LogP contribution in [0, 0.1) is 19.3 Å². The van der Waals surface area contributed by atoms with Crippen LogP contribution in [0.25, 0.3) is 0 Å². The molecule has 22 heavy (non-hydrogen) atoms. The molecule has 0 aromatic carbocycles. The molecule has 118 valence electrons. The highest BCUT2D eigenvalue weighted by atomic mass is 16.5. The molecular weight excluding hydrogens is 280 g/mol. The second-order valence-corrected chi connectivity index (χ2v) is 6.25. The predicted octanol–water partition coefficient (Wildman–Crippen LogP) is 2.49. The molecule has 5 heteroatoms. The number of hydrogen-bond acceptors (Lipinski definition) is 4. The fourth-order valence-corrected chi connectivity index (χ4v) is 2.38. The first kappa shape index (κ1) is 16.2. The standard InChI is InChI=1S/C17H22N2O3/c1-12-9-14(10-13(2)18-12)22-16(21)15(20)17(3,4)11-19-7-5-6-8-19/h5-10,15,20H,11H2,1-4H3. The molecule has 0 bridgehead atoms. The molecule has 0 saturated heterocycles. The number of rotatable bonds is 5. The number of aliphatic hydroxyl groups excluding tert-OH is 1. The van der Waals surface area contributed by atoms with E-state index in [1.54, 1.807) is 12.1 Å². The Hall–Kier alpha value is -2.14. The Morgan fingerprint density at radius 1 is 1.27 bits per heavy atom. The summed E-state index contributed by atoms with van der Waals surface area (Å²) in [5.41, 5.74) is 0.889. The Labute approximate surface area is 130 Å². The number of aryl methyl sites for hydroxylation is 2. The van der Waals surface area contributed by atoms with E-state index in [1.165, 1.54) is 0 Å². The Balaban J connectivity index is 2.07. The second-order valence-electron chi connectivity index (χ2n) is 6.25. The number of pyridine rings is 1. The van der Waals surface area contributed by atoms with E-state index in [0.717, 1.165) is 11.4 Å². The topological polar surface area (TPSA) is 64.3 Å². The number of nitrogens with zero attached hydrogens (tertiary/aromatic N) is 2. The van der Waals surface area contributed by atoms with Gasteiger partial charge >= 0.3 is 5.97 Å². The maximum absolute atomic E-state index is 12.2. The summed E-state index contributed by atoms with van der Waals surface area (Å²) >= 11 is 0. The number of esters is 1. The summed E-state index contributed by atoms with van der Waals surface area (Å²) < 4.78 is 7.23. The lowest BCUT2D eigenvalue weighted by molar-refractivity contribution is -0.150. The van der Waals surface area contributed by atoms with Gasteiger partial charge in [0.2, 0.25) is 0 Å². The van der Waals surface area contributed by atoms with Gasteiger partial charge in [-0.3, -0.25) is 4.98 Å². The number of aliphatic hydroxyl groups is 1. The second kappa shape index (κ2) is 6.32. The van der Waals surface area contributed by atoms with Gasteiger partial charge in [0.25, 0.3) is 0 Å². The van der Waals surface area contributed by atoms with Crippen molar-refractivity contribution < 1.29 is 14.6 Å². The number of aromatic nitrogens is 2. The molecule has 2 rings (SSSR count). The van der Waals surface area contributed by atoms with Gasteiger partial charge < -0.3 is 14.4 Å². The van der Waals surface area contributed by atoms with Crippen LogP contribution < -0.4 is 4.74 Å². The molecule has 0 aliphatic carbocycles. The fourth-order valence-electron chi connectivity index (χ4n) is 2.38. The van der Waals surface area contributed by atoms with Crippen molar-refractivity contribution in [2.75, 3.05) is 0 Å². The van der Waals surface area contributed by atoms with E-state index in [4.69, 9.17) is 4.74 Å². The van der Waals surface area contributed by atoms with Crippen molar-refractivity contribution in [1.82, 2.24) is 9.55 Å². The number of carbonyl (C=O) groups excluding carboxylic acids is 1. The summed E-state index contributed by atoms with van der Waals surface area (Å²) in [6.07, 6.45) is 2.58. The Morgan fingerprint density at radius 2 is 1.82 bits per heavy atom. The zero-order valence-electron chi connectivity index (χ0n) is 13.4. The Kier molecular flexibility index (Phi) is 4.66. The van der Waals surface area contributed by atoms with Gasteiger partial charge in [-0.05, 0) is 26.0 Å². The third-order valence-corrected chi connectivity index (χ3v) is 3.49. The van der Waals surface area contributed by atoms with Gasteiger partial charge in [0, 0.05) is 47.9 Å². The molecule has 0 spiro atoms. The van der Waals surface area contributed by atoms with Gasteiger partial charge in [-0.25, -0.2) is 4.79 Å². The summed E-state index contributed by atoms with van der Waals surface area (Å²) in [6, 6.07) is 7.17. The first-order valence-electron chi connectivity index (χ1n) is 7.24. The lowest BCUT2D eigenvalue weighted by Crippen LogP contribution is -2.41. The van der Waals surface area contributed by atoms with Crippen LogP contribution in [0.3, 0.4) is 0 Å². The van der Waals surface area contributed by atoms with E-state index in [-0.39, 0.29) is 0 Å². The quantitative estimate of drug-likeness (QED) is 0.862. The van der Waals surface area contributed by atoms with Gasteiger partial charge in [-0.15, -0.1) is 0 Å². The summed E-state index contributed by atoms with van der Waals surface area (Å²) in [5, 5.41) is 10.3. The molecule has 0 fully saturated rings. The van der Waals surface area contributed by atoms with Crippen molar-refractivity contribution in [1.29, 1.82) is 0 Å². The van der Waals surface area contributed by atoms with E-state index in [1.807, 2.05) is 56.8 Å². The van der Waals surface area contributed by atoms with Crippen LogP contribution in [0.4, 0.5) is 0 Å². The molecule has 0 saturated carbocycles. The minimum absolute atomic E-state index is 0.408. The van der Waals surface area contributed by atoms with E-state index in [2.05, 4.69) is 4.98 Å². The van der Waals surface area contributed by atoms with Crippen molar-refractivity contribution in [3.05, 3.63) is 48.0 Å². The molecule has 2 aromatic rings. The van der Waals surface area contributed by atoms with E-state index < -0.39 is 17.5 Å². The molecular formula is C17H22N2O3.